The van der Waals surface area contributed by atoms with E-state index in [2.05, 4.69) is 13.8 Å². The highest BCUT2D eigenvalue weighted by atomic mass is 16.3. The largest absolute Gasteiger partial charge is 0.506 e. The average Bonchev–Trinajstić information content (AvgIpc) is 2.25. The van der Waals surface area contributed by atoms with Crippen LogP contribution in [0.25, 0.3) is 0 Å². The predicted molar refractivity (Wildman–Crippen MR) is 65.1 cm³/mol. The van der Waals surface area contributed by atoms with Crippen molar-refractivity contribution in [3.63, 3.8) is 0 Å². The van der Waals surface area contributed by atoms with E-state index in [1.165, 1.54) is 12.8 Å². The quantitative estimate of drug-likeness (QED) is 0.571. The molecule has 0 aliphatic heterocycles. The molecule has 0 spiro atoms. The summed E-state index contributed by atoms with van der Waals surface area (Å²) in [4.78, 5) is 0. The third kappa shape index (κ3) is 2.88. The molecule has 0 bridgehead atoms. The summed E-state index contributed by atoms with van der Waals surface area (Å²) in [7, 11) is 0. The van der Waals surface area contributed by atoms with E-state index in [-0.39, 0.29) is 5.75 Å². The van der Waals surface area contributed by atoms with Crippen LogP contribution >= 0.6 is 0 Å². The van der Waals surface area contributed by atoms with Crippen LogP contribution in [0.4, 0.5) is 5.69 Å². The van der Waals surface area contributed by atoms with Gasteiger partial charge in [-0.25, -0.2) is 0 Å². The van der Waals surface area contributed by atoms with E-state index in [1.807, 2.05) is 12.1 Å². The van der Waals surface area contributed by atoms with Crippen molar-refractivity contribution < 1.29 is 5.11 Å². The summed E-state index contributed by atoms with van der Waals surface area (Å²) in [5.41, 5.74) is 7.54. The summed E-state index contributed by atoms with van der Waals surface area (Å²) in [5, 5.41) is 9.54. The van der Waals surface area contributed by atoms with Gasteiger partial charge in [-0.2, -0.15) is 0 Å². The van der Waals surface area contributed by atoms with Gasteiger partial charge in [0.1, 0.15) is 5.75 Å². The number of benzene rings is 1. The number of phenols is 1. The van der Waals surface area contributed by atoms with Gasteiger partial charge >= 0.3 is 0 Å². The van der Waals surface area contributed by atoms with Gasteiger partial charge in [0.15, 0.2) is 0 Å². The van der Waals surface area contributed by atoms with Crippen molar-refractivity contribution in [2.75, 3.05) is 5.73 Å². The third-order valence-corrected chi connectivity index (χ3v) is 2.96. The Morgan fingerprint density at radius 1 is 1.33 bits per heavy atom. The van der Waals surface area contributed by atoms with Crippen LogP contribution in [0.2, 0.25) is 0 Å². The first-order valence-corrected chi connectivity index (χ1v) is 5.78. The maximum absolute atomic E-state index is 9.54. The number of rotatable bonds is 5. The Morgan fingerprint density at radius 2 is 2.07 bits per heavy atom. The first kappa shape index (κ1) is 11.9. The Morgan fingerprint density at radius 3 is 2.67 bits per heavy atom. The molecule has 1 rings (SSSR count). The molecule has 1 aromatic carbocycles. The van der Waals surface area contributed by atoms with Gasteiger partial charge < -0.3 is 10.8 Å². The van der Waals surface area contributed by atoms with E-state index >= 15 is 0 Å². The number of nitrogen functional groups attached to an aromatic ring is 1. The molecular formula is C13H21NO. The molecule has 0 heterocycles. The van der Waals surface area contributed by atoms with Gasteiger partial charge in [0.05, 0.1) is 5.69 Å². The molecule has 1 aromatic rings. The van der Waals surface area contributed by atoms with Crippen LogP contribution in [0.3, 0.4) is 0 Å². The molecule has 0 aliphatic rings. The van der Waals surface area contributed by atoms with Crippen LogP contribution in [-0.4, -0.2) is 5.11 Å². The average molecular weight is 207 g/mol. The Bertz CT molecular complexity index is 309. The molecule has 0 saturated heterocycles. The molecule has 0 aliphatic carbocycles. The van der Waals surface area contributed by atoms with Crippen molar-refractivity contribution in [3.05, 3.63) is 23.8 Å². The van der Waals surface area contributed by atoms with Crippen molar-refractivity contribution in [3.8, 4) is 5.75 Å². The highest BCUT2D eigenvalue weighted by Gasteiger charge is 2.13. The summed E-state index contributed by atoms with van der Waals surface area (Å²) in [6, 6.07) is 5.54. The molecule has 0 aromatic heterocycles. The Labute approximate surface area is 92.1 Å². The molecule has 1 atom stereocenters. The summed E-state index contributed by atoms with van der Waals surface area (Å²) >= 11 is 0. The predicted octanol–water partition coefficient (Wildman–Crippen LogP) is 3.66. The number of hydrogen-bond donors (Lipinski definition) is 2. The van der Waals surface area contributed by atoms with Gasteiger partial charge in [-0.1, -0.05) is 38.8 Å². The lowest BCUT2D eigenvalue weighted by Gasteiger charge is -2.17. The van der Waals surface area contributed by atoms with E-state index < -0.39 is 0 Å². The second-order valence-electron chi connectivity index (χ2n) is 4.03. The standard InChI is InChI=1S/C13H21NO/c1-3-5-7-10(4-2)11-8-6-9-12(15)13(11)14/h6,8-10,15H,3-5,7,14H2,1-2H3. The Hall–Kier alpha value is -1.18. The van der Waals surface area contributed by atoms with Gasteiger partial charge in [-0.3, -0.25) is 0 Å². The zero-order valence-electron chi connectivity index (χ0n) is 9.66. The number of hydrogen-bond acceptors (Lipinski definition) is 2. The molecule has 2 nitrogen and oxygen atoms in total. The second-order valence-corrected chi connectivity index (χ2v) is 4.03. The SMILES string of the molecule is CCCCC(CC)c1cccc(O)c1N. The first-order valence-electron chi connectivity index (χ1n) is 5.78. The zero-order chi connectivity index (χ0) is 11.3. The van der Waals surface area contributed by atoms with Gasteiger partial charge in [-0.05, 0) is 30.4 Å². The van der Waals surface area contributed by atoms with Crippen LogP contribution in [0.5, 0.6) is 5.75 Å². The van der Waals surface area contributed by atoms with Crippen LogP contribution in [0.1, 0.15) is 51.0 Å². The summed E-state index contributed by atoms with van der Waals surface area (Å²) in [6.07, 6.45) is 4.65. The molecule has 0 fully saturated rings. The fourth-order valence-corrected chi connectivity index (χ4v) is 1.96. The lowest BCUT2D eigenvalue weighted by atomic mass is 9.90. The van der Waals surface area contributed by atoms with Crippen molar-refractivity contribution >= 4 is 5.69 Å². The molecule has 0 radical (unpaired) electrons. The number of anilines is 1. The fraction of sp³-hybridized carbons (Fsp3) is 0.538. The van der Waals surface area contributed by atoms with Crippen molar-refractivity contribution in [1.82, 2.24) is 0 Å². The maximum atomic E-state index is 9.54. The summed E-state index contributed by atoms with van der Waals surface area (Å²) in [5.74, 6) is 0.694. The van der Waals surface area contributed by atoms with E-state index in [0.29, 0.717) is 11.6 Å². The molecule has 15 heavy (non-hydrogen) atoms. The highest BCUT2D eigenvalue weighted by molar-refractivity contribution is 5.58. The normalized spacial score (nSPS) is 12.7. The Kier molecular flexibility index (Phi) is 4.47. The van der Waals surface area contributed by atoms with Gasteiger partial charge in [0.25, 0.3) is 0 Å². The lowest BCUT2D eigenvalue weighted by molar-refractivity contribution is 0.475. The van der Waals surface area contributed by atoms with Crippen LogP contribution in [0.15, 0.2) is 18.2 Å². The third-order valence-electron chi connectivity index (χ3n) is 2.96. The van der Waals surface area contributed by atoms with E-state index in [9.17, 15) is 5.11 Å². The van der Waals surface area contributed by atoms with Crippen molar-refractivity contribution in [1.29, 1.82) is 0 Å². The van der Waals surface area contributed by atoms with Crippen LogP contribution in [-0.2, 0) is 0 Å². The molecular weight excluding hydrogens is 186 g/mol. The van der Waals surface area contributed by atoms with E-state index in [4.69, 9.17) is 5.73 Å². The minimum absolute atomic E-state index is 0.211. The molecule has 0 amide bonds. The summed E-state index contributed by atoms with van der Waals surface area (Å²) < 4.78 is 0. The number of aromatic hydroxyl groups is 1. The van der Waals surface area contributed by atoms with Gasteiger partial charge in [0.2, 0.25) is 0 Å². The first-order chi connectivity index (χ1) is 7.20. The fourth-order valence-electron chi connectivity index (χ4n) is 1.96. The Balaban J connectivity index is 2.86. The van der Waals surface area contributed by atoms with E-state index in [1.54, 1.807) is 6.07 Å². The molecule has 0 saturated carbocycles. The topological polar surface area (TPSA) is 46.2 Å². The second kappa shape index (κ2) is 5.64. The number of nitrogens with two attached hydrogens (primary N) is 1. The number of para-hydroxylation sites is 1. The molecule has 2 heteroatoms. The zero-order valence-corrected chi connectivity index (χ0v) is 9.66. The van der Waals surface area contributed by atoms with Gasteiger partial charge in [-0.15, -0.1) is 0 Å². The smallest absolute Gasteiger partial charge is 0.138 e. The highest BCUT2D eigenvalue weighted by Crippen LogP contribution is 2.34. The summed E-state index contributed by atoms with van der Waals surface area (Å²) in [6.45, 7) is 4.36. The van der Waals surface area contributed by atoms with Crippen LogP contribution < -0.4 is 5.73 Å². The van der Waals surface area contributed by atoms with E-state index in [0.717, 1.165) is 18.4 Å². The monoisotopic (exact) mass is 207 g/mol. The number of unbranched alkanes of at least 4 members (excludes halogenated alkanes) is 1. The maximum Gasteiger partial charge on any atom is 0.138 e. The molecule has 1 unspecified atom stereocenters. The minimum Gasteiger partial charge on any atom is -0.506 e. The molecule has 3 N–H and O–H groups in total. The van der Waals surface area contributed by atoms with Crippen LogP contribution in [0, 0.1) is 0 Å². The molecule has 84 valence electrons. The van der Waals surface area contributed by atoms with Crippen molar-refractivity contribution in [2.45, 2.75) is 45.4 Å². The lowest BCUT2D eigenvalue weighted by Crippen LogP contribution is -2.02. The number of phenolic OH excluding ortho intramolecular Hbond substituents is 1. The van der Waals surface area contributed by atoms with Gasteiger partial charge in [0, 0.05) is 0 Å². The minimum atomic E-state index is 0.211. The van der Waals surface area contributed by atoms with Crippen molar-refractivity contribution in [2.24, 2.45) is 0 Å².